The Hall–Kier alpha value is -3.09. The predicted octanol–water partition coefficient (Wildman–Crippen LogP) is 1.37. The minimum atomic E-state index is -0.558. The van der Waals surface area contributed by atoms with Gasteiger partial charge in [0.05, 0.1) is 17.1 Å². The van der Waals surface area contributed by atoms with Crippen molar-refractivity contribution in [2.45, 2.75) is 19.5 Å². The second-order valence-electron chi connectivity index (χ2n) is 7.42. The van der Waals surface area contributed by atoms with Crippen LogP contribution in [-0.4, -0.2) is 61.1 Å². The van der Waals surface area contributed by atoms with Gasteiger partial charge in [0.15, 0.2) is 4.96 Å². The summed E-state index contributed by atoms with van der Waals surface area (Å²) in [6, 6.07) is 5.25. The highest BCUT2D eigenvalue weighted by Gasteiger charge is 2.22. The molecule has 5 heterocycles. The van der Waals surface area contributed by atoms with Gasteiger partial charge in [0.2, 0.25) is 5.91 Å². The zero-order valence-corrected chi connectivity index (χ0v) is 18.7. The molecule has 1 amide bonds. The van der Waals surface area contributed by atoms with Gasteiger partial charge >= 0.3 is 5.76 Å². The number of fused-ring (bicyclic) bond motifs is 1. The lowest BCUT2D eigenvalue weighted by atomic mass is 10.2. The Morgan fingerprint density at radius 1 is 1.12 bits per heavy atom. The van der Waals surface area contributed by atoms with E-state index < -0.39 is 5.76 Å². The molecule has 0 N–H and O–H groups in total. The second-order valence-corrected chi connectivity index (χ2v) is 9.24. The normalized spacial score (nSPS) is 14.9. The van der Waals surface area contributed by atoms with Crippen LogP contribution in [0.25, 0.3) is 15.7 Å². The van der Waals surface area contributed by atoms with E-state index in [1.807, 2.05) is 22.9 Å². The van der Waals surface area contributed by atoms with Gasteiger partial charge in [-0.15, -0.1) is 27.8 Å². The SMILES string of the molecule is O=C(CCn1nc(-c2cccs2)oc1=O)N1CCN(Cc2cc(=O)n3ccsc3n2)CC1. The van der Waals surface area contributed by atoms with E-state index >= 15 is 0 Å². The topological polar surface area (TPSA) is 106 Å². The van der Waals surface area contributed by atoms with Crippen molar-refractivity contribution in [3.05, 3.63) is 61.8 Å². The summed E-state index contributed by atoms with van der Waals surface area (Å²) in [5, 5.41) is 7.91. The van der Waals surface area contributed by atoms with Crippen LogP contribution in [0, 0.1) is 0 Å². The van der Waals surface area contributed by atoms with Gasteiger partial charge in [0.25, 0.3) is 11.4 Å². The summed E-state index contributed by atoms with van der Waals surface area (Å²) in [6.45, 7) is 3.33. The average Bonchev–Trinajstić information content (AvgIpc) is 3.54. The molecule has 0 atom stereocenters. The molecule has 0 radical (unpaired) electrons. The maximum Gasteiger partial charge on any atom is 0.437 e. The second kappa shape index (κ2) is 8.81. The molecule has 1 aliphatic heterocycles. The van der Waals surface area contributed by atoms with Crippen LogP contribution in [0.4, 0.5) is 0 Å². The van der Waals surface area contributed by atoms with Crippen LogP contribution < -0.4 is 11.3 Å². The number of amides is 1. The first-order valence-corrected chi connectivity index (χ1v) is 11.9. The summed E-state index contributed by atoms with van der Waals surface area (Å²) in [5.41, 5.74) is 0.662. The Morgan fingerprint density at radius 2 is 1.97 bits per heavy atom. The Morgan fingerprint density at radius 3 is 2.75 bits per heavy atom. The minimum Gasteiger partial charge on any atom is -0.387 e. The van der Waals surface area contributed by atoms with Crippen LogP contribution in [0.3, 0.4) is 0 Å². The van der Waals surface area contributed by atoms with E-state index in [9.17, 15) is 14.4 Å². The van der Waals surface area contributed by atoms with Gasteiger partial charge in [0.1, 0.15) is 0 Å². The molecule has 0 saturated carbocycles. The number of rotatable bonds is 6. The fraction of sp³-hybridized carbons (Fsp3) is 0.350. The molecule has 4 aromatic heterocycles. The van der Waals surface area contributed by atoms with Gasteiger partial charge in [-0.2, -0.15) is 4.68 Å². The number of thiophene rings is 1. The van der Waals surface area contributed by atoms with Crippen LogP contribution in [0.2, 0.25) is 0 Å². The molecule has 1 saturated heterocycles. The molecule has 0 bridgehead atoms. The summed E-state index contributed by atoms with van der Waals surface area (Å²) in [5.74, 6) is -0.300. The molecule has 4 aromatic rings. The lowest BCUT2D eigenvalue weighted by molar-refractivity contribution is -0.133. The van der Waals surface area contributed by atoms with E-state index in [4.69, 9.17) is 4.42 Å². The number of aromatic nitrogens is 4. The summed E-state index contributed by atoms with van der Waals surface area (Å²) >= 11 is 2.87. The van der Waals surface area contributed by atoms with Crippen molar-refractivity contribution in [1.29, 1.82) is 0 Å². The maximum absolute atomic E-state index is 12.6. The van der Waals surface area contributed by atoms with Crippen LogP contribution in [-0.2, 0) is 17.9 Å². The van der Waals surface area contributed by atoms with Crippen molar-refractivity contribution in [2.75, 3.05) is 26.2 Å². The number of hydrogen-bond acceptors (Lipinski definition) is 9. The molecule has 12 heteroatoms. The fourth-order valence-corrected chi connectivity index (χ4v) is 5.04. The van der Waals surface area contributed by atoms with Gasteiger partial charge in [0, 0.05) is 56.8 Å². The quantitative estimate of drug-likeness (QED) is 0.417. The Labute approximate surface area is 190 Å². The van der Waals surface area contributed by atoms with Crippen LogP contribution in [0.1, 0.15) is 12.1 Å². The first-order chi connectivity index (χ1) is 15.6. The minimum absolute atomic E-state index is 0.0198. The average molecular weight is 473 g/mol. The van der Waals surface area contributed by atoms with Crippen LogP contribution >= 0.6 is 22.7 Å². The van der Waals surface area contributed by atoms with Gasteiger partial charge in [-0.05, 0) is 11.4 Å². The van der Waals surface area contributed by atoms with E-state index in [2.05, 4.69) is 15.0 Å². The van der Waals surface area contributed by atoms with Crippen molar-refractivity contribution in [3.8, 4) is 10.8 Å². The summed E-state index contributed by atoms with van der Waals surface area (Å²) < 4.78 is 7.92. The monoisotopic (exact) mass is 472 g/mol. The van der Waals surface area contributed by atoms with E-state index in [0.717, 1.165) is 10.6 Å². The first kappa shape index (κ1) is 20.8. The highest BCUT2D eigenvalue weighted by atomic mass is 32.1. The Bertz CT molecular complexity index is 1340. The van der Waals surface area contributed by atoms with Gasteiger partial charge < -0.3 is 9.32 Å². The standard InChI is InChI=1S/C20H20N6O4S2/c27-16(3-4-26-20(29)30-18(22-26)15-2-1-10-31-15)24-7-5-23(6-8-24)13-14-12-17(28)25-9-11-32-19(25)21-14/h1-2,9-12H,3-8,13H2. The third-order valence-corrected chi connectivity index (χ3v) is 6.96. The van der Waals surface area contributed by atoms with E-state index in [-0.39, 0.29) is 30.3 Å². The van der Waals surface area contributed by atoms with Crippen LogP contribution in [0.15, 0.2) is 49.2 Å². The lowest BCUT2D eigenvalue weighted by Crippen LogP contribution is -2.48. The molecule has 0 unspecified atom stereocenters. The van der Waals surface area contributed by atoms with Gasteiger partial charge in [-0.3, -0.25) is 18.9 Å². The van der Waals surface area contributed by atoms with E-state index in [0.29, 0.717) is 37.7 Å². The van der Waals surface area contributed by atoms with Crippen molar-refractivity contribution in [1.82, 2.24) is 29.0 Å². The summed E-state index contributed by atoms with van der Waals surface area (Å²) in [6.07, 6.45) is 1.91. The molecule has 10 nitrogen and oxygen atoms in total. The zero-order valence-electron chi connectivity index (χ0n) is 17.0. The van der Waals surface area contributed by atoms with Crippen LogP contribution in [0.5, 0.6) is 0 Å². The summed E-state index contributed by atoms with van der Waals surface area (Å²) in [7, 11) is 0. The number of carbonyl (C=O) groups excluding carboxylic acids is 1. The third-order valence-electron chi connectivity index (χ3n) is 5.34. The van der Waals surface area contributed by atoms with Crippen molar-refractivity contribution in [3.63, 3.8) is 0 Å². The molecule has 0 aliphatic carbocycles. The number of aryl methyl sites for hydroxylation is 1. The number of piperazine rings is 1. The van der Waals surface area contributed by atoms with Gasteiger partial charge in [-0.1, -0.05) is 6.07 Å². The number of thiazole rings is 1. The number of carbonyl (C=O) groups is 1. The number of hydrogen-bond donors (Lipinski definition) is 0. The van der Waals surface area contributed by atoms with E-state index in [1.165, 1.54) is 31.8 Å². The Balaban J connectivity index is 1.14. The van der Waals surface area contributed by atoms with Crippen molar-refractivity contribution in [2.24, 2.45) is 0 Å². The highest BCUT2D eigenvalue weighted by molar-refractivity contribution is 7.15. The fourth-order valence-electron chi connectivity index (χ4n) is 3.66. The molecular weight excluding hydrogens is 452 g/mol. The molecular formula is C20H20N6O4S2. The summed E-state index contributed by atoms with van der Waals surface area (Å²) in [4.78, 5) is 46.8. The lowest BCUT2D eigenvalue weighted by Gasteiger charge is -2.34. The third kappa shape index (κ3) is 4.29. The first-order valence-electron chi connectivity index (χ1n) is 10.1. The van der Waals surface area contributed by atoms with E-state index in [1.54, 1.807) is 17.2 Å². The maximum atomic E-state index is 12.6. The highest BCUT2D eigenvalue weighted by Crippen LogP contribution is 2.21. The smallest absolute Gasteiger partial charge is 0.387 e. The van der Waals surface area contributed by atoms with Crippen molar-refractivity contribution < 1.29 is 9.21 Å². The Kier molecular flexibility index (Phi) is 5.72. The number of nitrogens with zero attached hydrogens (tertiary/aromatic N) is 6. The van der Waals surface area contributed by atoms with Crippen molar-refractivity contribution >= 4 is 33.5 Å². The largest absolute Gasteiger partial charge is 0.437 e. The molecule has 1 fully saturated rings. The molecule has 0 aromatic carbocycles. The molecule has 0 spiro atoms. The molecule has 166 valence electrons. The molecule has 1 aliphatic rings. The molecule has 5 rings (SSSR count). The predicted molar refractivity (Wildman–Crippen MR) is 120 cm³/mol. The molecule has 32 heavy (non-hydrogen) atoms. The van der Waals surface area contributed by atoms with Gasteiger partial charge in [-0.25, -0.2) is 9.78 Å². The zero-order chi connectivity index (χ0) is 22.1.